The van der Waals surface area contributed by atoms with Gasteiger partial charge in [-0.15, -0.1) is 0 Å². The van der Waals surface area contributed by atoms with Gasteiger partial charge in [0.25, 0.3) is 0 Å². The van der Waals surface area contributed by atoms with E-state index in [2.05, 4.69) is 4.98 Å². The van der Waals surface area contributed by atoms with Crippen molar-refractivity contribution >= 4 is 33.2 Å². The first-order valence-corrected chi connectivity index (χ1v) is 8.27. The summed E-state index contributed by atoms with van der Waals surface area (Å²) < 4.78 is 63.6. The summed E-state index contributed by atoms with van der Waals surface area (Å²) in [5.41, 5.74) is -2.87. The van der Waals surface area contributed by atoms with Crippen LogP contribution in [0.25, 0.3) is 0 Å². The smallest absolute Gasteiger partial charge is 0.380 e. The van der Waals surface area contributed by atoms with Crippen LogP contribution >= 0.6 is 23.2 Å². The van der Waals surface area contributed by atoms with Crippen LogP contribution < -0.4 is 0 Å². The molecule has 0 aliphatic carbocycles. The molecule has 1 N–H and O–H groups in total. The topological polar surface area (TPSA) is 70.5 Å². The number of alkyl halides is 3. The molecule has 0 atom stereocenters. The summed E-state index contributed by atoms with van der Waals surface area (Å²) in [6, 6.07) is 1.08. The lowest BCUT2D eigenvalue weighted by atomic mass is 9.92. The molecule has 1 saturated heterocycles. The van der Waals surface area contributed by atoms with Gasteiger partial charge in [-0.2, -0.15) is 17.5 Å². The maximum atomic E-state index is 12.7. The highest BCUT2D eigenvalue weighted by molar-refractivity contribution is 7.89. The summed E-state index contributed by atoms with van der Waals surface area (Å²) in [5.74, 6) is 0. The van der Waals surface area contributed by atoms with Crippen molar-refractivity contribution in [3.63, 3.8) is 0 Å². The van der Waals surface area contributed by atoms with Crippen LogP contribution in [0.5, 0.6) is 0 Å². The van der Waals surface area contributed by atoms with Crippen molar-refractivity contribution in [3.8, 4) is 0 Å². The third-order valence-corrected chi connectivity index (χ3v) is 6.04. The van der Waals surface area contributed by atoms with E-state index in [1.54, 1.807) is 0 Å². The van der Waals surface area contributed by atoms with Gasteiger partial charge in [0.05, 0.1) is 5.02 Å². The number of hydrogen-bond donors (Lipinski definition) is 1. The fourth-order valence-electron chi connectivity index (χ4n) is 2.07. The van der Waals surface area contributed by atoms with Crippen molar-refractivity contribution < 1.29 is 26.7 Å². The molecule has 0 unspecified atom stereocenters. The molecule has 1 aromatic rings. The van der Waals surface area contributed by atoms with Crippen molar-refractivity contribution in [1.29, 1.82) is 0 Å². The van der Waals surface area contributed by atoms with Crippen molar-refractivity contribution in [1.82, 2.24) is 9.29 Å². The van der Waals surface area contributed by atoms with E-state index >= 15 is 0 Å². The Hall–Kier alpha value is -0.610. The van der Waals surface area contributed by atoms with Crippen LogP contribution in [-0.2, 0) is 10.0 Å². The Morgan fingerprint density at radius 3 is 2.27 bits per heavy atom. The van der Waals surface area contributed by atoms with Gasteiger partial charge in [-0.25, -0.2) is 13.4 Å². The fraction of sp³-hybridized carbons (Fsp3) is 0.545. The highest BCUT2D eigenvalue weighted by Gasteiger charge is 2.55. The minimum absolute atomic E-state index is 0.0773. The molecule has 11 heteroatoms. The molecule has 1 aliphatic heterocycles. The number of aliphatic hydroxyl groups is 1. The number of pyridine rings is 1. The number of hydrogen-bond acceptors (Lipinski definition) is 4. The Kier molecular flexibility index (Phi) is 4.67. The third-order valence-electron chi connectivity index (χ3n) is 3.49. The SMILES string of the molecule is O=S(=O)(c1cnc(Cl)c(Cl)c1)N1CCC(O)(C(F)(F)F)CC1. The van der Waals surface area contributed by atoms with Gasteiger partial charge < -0.3 is 5.11 Å². The van der Waals surface area contributed by atoms with Crippen LogP contribution in [0, 0.1) is 0 Å². The highest BCUT2D eigenvalue weighted by atomic mass is 35.5. The lowest BCUT2D eigenvalue weighted by Gasteiger charge is -2.38. The van der Waals surface area contributed by atoms with Crippen LogP contribution in [0.2, 0.25) is 10.2 Å². The van der Waals surface area contributed by atoms with E-state index < -0.39 is 47.7 Å². The number of piperidine rings is 1. The van der Waals surface area contributed by atoms with Gasteiger partial charge in [0, 0.05) is 19.3 Å². The maximum absolute atomic E-state index is 12.7. The Morgan fingerprint density at radius 1 is 1.27 bits per heavy atom. The fourth-order valence-corrected chi connectivity index (χ4v) is 3.82. The molecule has 2 heterocycles. The van der Waals surface area contributed by atoms with Crippen LogP contribution in [0.15, 0.2) is 17.2 Å². The normalized spacial score (nSPS) is 20.1. The molecule has 0 bridgehead atoms. The second-order valence-corrected chi connectivity index (χ2v) is 7.58. The monoisotopic (exact) mass is 378 g/mol. The van der Waals surface area contributed by atoms with E-state index in [4.69, 9.17) is 23.2 Å². The molecule has 1 aliphatic rings. The first-order valence-electron chi connectivity index (χ1n) is 6.08. The average molecular weight is 379 g/mol. The van der Waals surface area contributed by atoms with Crippen molar-refractivity contribution in [3.05, 3.63) is 22.4 Å². The highest BCUT2D eigenvalue weighted by Crippen LogP contribution is 2.39. The summed E-state index contributed by atoms with van der Waals surface area (Å²) in [4.78, 5) is 3.34. The standard InChI is InChI=1S/C11H11Cl2F3N2O3S/c12-8-5-7(6-17-9(8)13)22(20,21)18-3-1-10(19,2-4-18)11(14,15)16/h5-6,19H,1-4H2. The molecule has 0 amide bonds. The molecular formula is C11H11Cl2F3N2O3S. The first kappa shape index (κ1) is 17.7. The van der Waals surface area contributed by atoms with Crippen LogP contribution in [-0.4, -0.2) is 47.7 Å². The number of rotatable bonds is 2. The zero-order valence-electron chi connectivity index (χ0n) is 10.9. The molecular weight excluding hydrogens is 368 g/mol. The molecule has 22 heavy (non-hydrogen) atoms. The van der Waals surface area contributed by atoms with Gasteiger partial charge in [-0.3, -0.25) is 0 Å². The third kappa shape index (κ3) is 3.18. The molecule has 0 radical (unpaired) electrons. The first-order chi connectivity index (χ1) is 9.97. The molecule has 2 rings (SSSR count). The summed E-state index contributed by atoms with van der Waals surface area (Å²) >= 11 is 11.3. The summed E-state index contributed by atoms with van der Waals surface area (Å²) in [6.07, 6.45) is -5.28. The van der Waals surface area contributed by atoms with Crippen molar-refractivity contribution in [2.45, 2.75) is 29.5 Å². The number of sulfonamides is 1. The van der Waals surface area contributed by atoms with Crippen molar-refractivity contribution in [2.75, 3.05) is 13.1 Å². The lowest BCUT2D eigenvalue weighted by molar-refractivity contribution is -0.270. The van der Waals surface area contributed by atoms with E-state index in [0.29, 0.717) is 0 Å². The second kappa shape index (κ2) is 5.79. The molecule has 0 saturated carbocycles. The summed E-state index contributed by atoms with van der Waals surface area (Å²) in [6.45, 7) is -0.919. The minimum atomic E-state index is -4.80. The number of halogens is 5. The van der Waals surface area contributed by atoms with Crippen LogP contribution in [0.1, 0.15) is 12.8 Å². The number of aromatic nitrogens is 1. The second-order valence-electron chi connectivity index (χ2n) is 4.88. The molecule has 124 valence electrons. The van der Waals surface area contributed by atoms with Crippen LogP contribution in [0.4, 0.5) is 13.2 Å². The minimum Gasteiger partial charge on any atom is -0.380 e. The van der Waals surface area contributed by atoms with Gasteiger partial charge in [0.15, 0.2) is 5.60 Å². The average Bonchev–Trinajstić information content (AvgIpc) is 2.41. The van der Waals surface area contributed by atoms with Gasteiger partial charge in [-0.1, -0.05) is 23.2 Å². The van der Waals surface area contributed by atoms with E-state index in [0.717, 1.165) is 16.6 Å². The Balaban J connectivity index is 2.21. The molecule has 5 nitrogen and oxygen atoms in total. The zero-order chi connectivity index (χ0) is 16.8. The Morgan fingerprint density at radius 2 is 1.82 bits per heavy atom. The largest absolute Gasteiger partial charge is 0.417 e. The number of nitrogens with zero attached hydrogens (tertiary/aromatic N) is 2. The van der Waals surface area contributed by atoms with Crippen LogP contribution in [0.3, 0.4) is 0 Å². The molecule has 1 aromatic heterocycles. The molecule has 0 spiro atoms. The van der Waals surface area contributed by atoms with Gasteiger partial charge in [0.1, 0.15) is 10.0 Å². The molecule has 0 aromatic carbocycles. The van der Waals surface area contributed by atoms with E-state index in [-0.39, 0.29) is 15.1 Å². The summed E-state index contributed by atoms with van der Waals surface area (Å²) in [5, 5.41) is 9.39. The van der Waals surface area contributed by atoms with E-state index in [1.165, 1.54) is 0 Å². The van der Waals surface area contributed by atoms with E-state index in [9.17, 15) is 26.7 Å². The van der Waals surface area contributed by atoms with Crippen molar-refractivity contribution in [2.24, 2.45) is 0 Å². The van der Waals surface area contributed by atoms with Gasteiger partial charge in [-0.05, 0) is 18.9 Å². The zero-order valence-corrected chi connectivity index (χ0v) is 13.3. The lowest BCUT2D eigenvalue weighted by Crippen LogP contribution is -2.54. The Labute approximate surface area is 134 Å². The molecule has 1 fully saturated rings. The summed E-state index contributed by atoms with van der Waals surface area (Å²) in [7, 11) is -4.05. The quantitative estimate of drug-likeness (QED) is 0.802. The predicted octanol–water partition coefficient (Wildman–Crippen LogP) is 2.47. The van der Waals surface area contributed by atoms with Gasteiger partial charge >= 0.3 is 6.18 Å². The Bertz CT molecular complexity index is 674. The maximum Gasteiger partial charge on any atom is 0.417 e. The van der Waals surface area contributed by atoms with Gasteiger partial charge in [0.2, 0.25) is 10.0 Å². The predicted molar refractivity (Wildman–Crippen MR) is 73.3 cm³/mol. The van der Waals surface area contributed by atoms with E-state index in [1.807, 2.05) is 0 Å².